The van der Waals surface area contributed by atoms with Gasteiger partial charge in [-0.05, 0) is 42.2 Å². The number of guanidine groups is 1. The zero-order chi connectivity index (χ0) is 16.4. The Kier molecular flexibility index (Phi) is 6.39. The van der Waals surface area contributed by atoms with E-state index in [9.17, 15) is 13.2 Å². The second-order valence-electron chi connectivity index (χ2n) is 6.27. The van der Waals surface area contributed by atoms with Gasteiger partial charge in [-0.1, -0.05) is 24.3 Å². The largest absolute Gasteiger partial charge is 0.390 e. The summed E-state index contributed by atoms with van der Waals surface area (Å²) >= 11 is 0. The van der Waals surface area contributed by atoms with E-state index in [0.717, 1.165) is 6.42 Å². The SMILES string of the molecule is CCNC(=NCC1C2Cc3ccccc3C12)NCCC(F)(F)F.I. The molecule has 2 aliphatic rings. The molecule has 0 amide bonds. The summed E-state index contributed by atoms with van der Waals surface area (Å²) in [5, 5.41) is 5.77. The molecule has 0 heterocycles. The quantitative estimate of drug-likeness (QED) is 0.406. The van der Waals surface area contributed by atoms with Crippen LogP contribution >= 0.6 is 24.0 Å². The van der Waals surface area contributed by atoms with Crippen molar-refractivity contribution in [2.45, 2.75) is 31.9 Å². The molecule has 134 valence electrons. The fraction of sp³-hybridized carbons (Fsp3) is 0.588. The van der Waals surface area contributed by atoms with E-state index < -0.39 is 12.6 Å². The summed E-state index contributed by atoms with van der Waals surface area (Å²) in [7, 11) is 0. The van der Waals surface area contributed by atoms with Gasteiger partial charge in [0.15, 0.2) is 5.96 Å². The molecule has 1 aromatic rings. The number of nitrogens with one attached hydrogen (secondary N) is 2. The first-order valence-electron chi connectivity index (χ1n) is 8.16. The number of rotatable bonds is 5. The Labute approximate surface area is 157 Å². The second kappa shape index (κ2) is 7.93. The van der Waals surface area contributed by atoms with Gasteiger partial charge in [-0.2, -0.15) is 13.2 Å². The van der Waals surface area contributed by atoms with Crippen LogP contribution in [-0.4, -0.2) is 31.8 Å². The monoisotopic (exact) mass is 453 g/mol. The molecule has 1 aromatic carbocycles. The van der Waals surface area contributed by atoms with Crippen molar-refractivity contribution < 1.29 is 13.2 Å². The third-order valence-corrected chi connectivity index (χ3v) is 4.71. The van der Waals surface area contributed by atoms with Crippen LogP contribution in [0.5, 0.6) is 0 Å². The van der Waals surface area contributed by atoms with Crippen LogP contribution in [0.3, 0.4) is 0 Å². The van der Waals surface area contributed by atoms with Crippen LogP contribution in [0, 0.1) is 11.8 Å². The fourth-order valence-corrected chi connectivity index (χ4v) is 3.59. The van der Waals surface area contributed by atoms with E-state index in [1.165, 1.54) is 11.1 Å². The lowest BCUT2D eigenvalue weighted by Gasteiger charge is -2.13. The summed E-state index contributed by atoms with van der Waals surface area (Å²) < 4.78 is 36.6. The maximum Gasteiger partial charge on any atom is 0.390 e. The Hall–Kier alpha value is -0.990. The van der Waals surface area contributed by atoms with Crippen molar-refractivity contribution in [2.75, 3.05) is 19.6 Å². The van der Waals surface area contributed by atoms with E-state index in [0.29, 0.717) is 36.8 Å². The Morgan fingerprint density at radius 1 is 1.25 bits per heavy atom. The highest BCUT2D eigenvalue weighted by atomic mass is 127. The number of alkyl halides is 3. The van der Waals surface area contributed by atoms with Gasteiger partial charge >= 0.3 is 6.18 Å². The zero-order valence-corrected chi connectivity index (χ0v) is 15.9. The predicted octanol–water partition coefficient (Wildman–Crippen LogP) is 3.70. The van der Waals surface area contributed by atoms with E-state index >= 15 is 0 Å². The number of hydrogen-bond donors (Lipinski definition) is 2. The van der Waals surface area contributed by atoms with Gasteiger partial charge < -0.3 is 10.6 Å². The first-order valence-corrected chi connectivity index (χ1v) is 8.16. The number of hydrogen-bond acceptors (Lipinski definition) is 1. The highest BCUT2D eigenvalue weighted by Gasteiger charge is 2.54. The van der Waals surface area contributed by atoms with Crippen molar-refractivity contribution in [3.8, 4) is 0 Å². The standard InChI is InChI=1S/C17H22F3N3.HI/c1-2-21-16(22-8-7-17(18,19)20)23-10-14-13-9-11-5-3-4-6-12(11)15(13)14;/h3-6,13-15H,2,7-10H2,1H3,(H2,21,22,23);1H. The lowest BCUT2D eigenvalue weighted by atomic mass is 10.0. The van der Waals surface area contributed by atoms with Gasteiger partial charge in [0, 0.05) is 19.6 Å². The third-order valence-electron chi connectivity index (χ3n) is 4.71. The molecule has 3 unspecified atom stereocenters. The number of fused-ring (bicyclic) bond motifs is 3. The topological polar surface area (TPSA) is 36.4 Å². The smallest absolute Gasteiger partial charge is 0.357 e. The molecule has 0 saturated heterocycles. The molecule has 0 aromatic heterocycles. The van der Waals surface area contributed by atoms with Crippen molar-refractivity contribution in [3.05, 3.63) is 35.4 Å². The van der Waals surface area contributed by atoms with Gasteiger partial charge in [0.2, 0.25) is 0 Å². The average Bonchev–Trinajstić information content (AvgIpc) is 3.02. The lowest BCUT2D eigenvalue weighted by Crippen LogP contribution is -2.39. The van der Waals surface area contributed by atoms with Crippen LogP contribution in [-0.2, 0) is 6.42 Å². The van der Waals surface area contributed by atoms with Gasteiger partial charge in [-0.3, -0.25) is 4.99 Å². The Balaban J connectivity index is 0.00000208. The molecule has 2 N–H and O–H groups in total. The van der Waals surface area contributed by atoms with Gasteiger partial charge in [0.05, 0.1) is 6.42 Å². The normalized spacial score (nSPS) is 24.7. The molecule has 7 heteroatoms. The Morgan fingerprint density at radius 2 is 2.00 bits per heavy atom. The van der Waals surface area contributed by atoms with Gasteiger partial charge in [0.25, 0.3) is 0 Å². The minimum atomic E-state index is -4.14. The first kappa shape index (κ1) is 19.3. The van der Waals surface area contributed by atoms with E-state index in [1.807, 2.05) is 6.92 Å². The summed E-state index contributed by atoms with van der Waals surface area (Å²) in [6, 6.07) is 8.52. The minimum Gasteiger partial charge on any atom is -0.357 e. The highest BCUT2D eigenvalue weighted by molar-refractivity contribution is 14.0. The second-order valence-corrected chi connectivity index (χ2v) is 6.27. The van der Waals surface area contributed by atoms with E-state index in [4.69, 9.17) is 0 Å². The molecule has 2 aliphatic carbocycles. The summed E-state index contributed by atoms with van der Waals surface area (Å²) in [5.74, 6) is 2.26. The van der Waals surface area contributed by atoms with Crippen molar-refractivity contribution in [3.63, 3.8) is 0 Å². The maximum atomic E-state index is 12.2. The van der Waals surface area contributed by atoms with Crippen molar-refractivity contribution in [1.82, 2.24) is 10.6 Å². The summed E-state index contributed by atoms with van der Waals surface area (Å²) in [6.07, 6.45) is -3.87. The Morgan fingerprint density at radius 3 is 2.71 bits per heavy atom. The summed E-state index contributed by atoms with van der Waals surface area (Å²) in [5.41, 5.74) is 2.88. The highest BCUT2D eigenvalue weighted by Crippen LogP contribution is 2.61. The van der Waals surface area contributed by atoms with E-state index in [1.54, 1.807) is 0 Å². The van der Waals surface area contributed by atoms with Crippen LogP contribution in [0.2, 0.25) is 0 Å². The molecule has 0 aliphatic heterocycles. The van der Waals surface area contributed by atoms with Gasteiger partial charge in [-0.15, -0.1) is 24.0 Å². The van der Waals surface area contributed by atoms with Crippen molar-refractivity contribution in [2.24, 2.45) is 16.8 Å². The van der Waals surface area contributed by atoms with Crippen LogP contribution < -0.4 is 10.6 Å². The first-order chi connectivity index (χ1) is 11.0. The molecule has 1 saturated carbocycles. The molecule has 1 fully saturated rings. The molecule has 24 heavy (non-hydrogen) atoms. The van der Waals surface area contributed by atoms with Crippen molar-refractivity contribution >= 4 is 29.9 Å². The van der Waals surface area contributed by atoms with Gasteiger partial charge in [-0.25, -0.2) is 0 Å². The lowest BCUT2D eigenvalue weighted by molar-refractivity contribution is -0.132. The maximum absolute atomic E-state index is 12.2. The van der Waals surface area contributed by atoms with E-state index in [2.05, 4.69) is 39.9 Å². The molecular formula is C17H23F3IN3. The Bertz CT molecular complexity index is 589. The molecule has 0 spiro atoms. The summed E-state index contributed by atoms with van der Waals surface area (Å²) in [4.78, 5) is 4.48. The molecule has 3 atom stereocenters. The predicted molar refractivity (Wildman–Crippen MR) is 99.9 cm³/mol. The number of nitrogens with zero attached hydrogens (tertiary/aromatic N) is 1. The number of benzene rings is 1. The van der Waals surface area contributed by atoms with Gasteiger partial charge in [0.1, 0.15) is 0 Å². The van der Waals surface area contributed by atoms with E-state index in [-0.39, 0.29) is 30.5 Å². The zero-order valence-electron chi connectivity index (χ0n) is 13.6. The minimum absolute atomic E-state index is 0. The molecule has 0 bridgehead atoms. The van der Waals surface area contributed by atoms with Crippen LogP contribution in [0.1, 0.15) is 30.4 Å². The van der Waals surface area contributed by atoms with Crippen LogP contribution in [0.15, 0.2) is 29.3 Å². The number of halogens is 4. The van der Waals surface area contributed by atoms with Crippen molar-refractivity contribution in [1.29, 1.82) is 0 Å². The molecule has 0 radical (unpaired) electrons. The third kappa shape index (κ3) is 4.55. The fourth-order valence-electron chi connectivity index (χ4n) is 3.59. The average molecular weight is 453 g/mol. The van der Waals surface area contributed by atoms with Crippen LogP contribution in [0.25, 0.3) is 0 Å². The van der Waals surface area contributed by atoms with Crippen LogP contribution in [0.4, 0.5) is 13.2 Å². The molecular weight excluding hydrogens is 430 g/mol. The summed E-state index contributed by atoms with van der Waals surface area (Å²) in [6.45, 7) is 3.07. The molecule has 3 nitrogen and oxygen atoms in total. The molecule has 3 rings (SSSR count). The number of aliphatic imine (C=N–C) groups is 1.